The highest BCUT2D eigenvalue weighted by atomic mass is 16.9. The summed E-state index contributed by atoms with van der Waals surface area (Å²) in [5.74, 6) is 0.315. The Morgan fingerprint density at radius 2 is 1.60 bits per heavy atom. The lowest BCUT2D eigenvalue weighted by Gasteiger charge is -2.15. The zero-order valence-electron chi connectivity index (χ0n) is 8.89. The predicted octanol–water partition coefficient (Wildman–Crippen LogP) is 1.26. The molecule has 0 saturated heterocycles. The number of nitrogens with zero attached hydrogens (tertiary/aromatic N) is 1. The third-order valence-electron chi connectivity index (χ3n) is 1.83. The highest BCUT2D eigenvalue weighted by molar-refractivity contribution is 5.92. The molecule has 0 aromatic heterocycles. The topological polar surface area (TPSA) is 48.0 Å². The summed E-state index contributed by atoms with van der Waals surface area (Å²) in [6.45, 7) is 0. The molecule has 5 nitrogen and oxygen atoms in total. The summed E-state index contributed by atoms with van der Waals surface area (Å²) < 4.78 is 4.97. The maximum absolute atomic E-state index is 11.6. The van der Waals surface area contributed by atoms with Gasteiger partial charge < -0.3 is 4.74 Å². The van der Waals surface area contributed by atoms with Gasteiger partial charge in [0.1, 0.15) is 5.75 Å². The molecule has 0 bridgehead atoms. The van der Waals surface area contributed by atoms with E-state index in [4.69, 9.17) is 14.4 Å². The largest absolute Gasteiger partial charge is 0.497 e. The quantitative estimate of drug-likeness (QED) is 0.703. The van der Waals surface area contributed by atoms with Gasteiger partial charge in [-0.1, -0.05) is 5.23 Å². The highest BCUT2D eigenvalue weighted by Crippen LogP contribution is 2.13. The second-order valence-corrected chi connectivity index (χ2v) is 2.66. The minimum Gasteiger partial charge on any atom is -0.497 e. The molecule has 1 aromatic carbocycles. The Morgan fingerprint density at radius 3 is 2.00 bits per heavy atom. The molecule has 0 aliphatic rings. The van der Waals surface area contributed by atoms with Crippen LogP contribution >= 0.6 is 0 Å². The lowest BCUT2D eigenvalue weighted by atomic mass is 10.2. The molecule has 1 amide bonds. The van der Waals surface area contributed by atoms with Crippen molar-refractivity contribution in [3.8, 4) is 5.75 Å². The Hall–Kier alpha value is -1.59. The molecular weight excluding hydrogens is 198 g/mol. The van der Waals surface area contributed by atoms with Crippen LogP contribution in [-0.4, -0.2) is 32.5 Å². The molecule has 0 atom stereocenters. The van der Waals surface area contributed by atoms with E-state index in [0.717, 1.165) is 5.23 Å². The van der Waals surface area contributed by atoms with Crippen molar-refractivity contribution in [2.45, 2.75) is 0 Å². The maximum Gasteiger partial charge on any atom is 0.303 e. The van der Waals surface area contributed by atoms with Crippen LogP contribution in [0.2, 0.25) is 0 Å². The molecule has 82 valence electrons. The third-order valence-corrected chi connectivity index (χ3v) is 1.83. The van der Waals surface area contributed by atoms with Crippen LogP contribution in [0.5, 0.6) is 5.75 Å². The van der Waals surface area contributed by atoms with Crippen LogP contribution in [0, 0.1) is 0 Å². The van der Waals surface area contributed by atoms with Gasteiger partial charge in [0.15, 0.2) is 0 Å². The predicted molar refractivity (Wildman–Crippen MR) is 53.2 cm³/mol. The molecule has 0 unspecified atom stereocenters. The number of amides is 1. The van der Waals surface area contributed by atoms with Crippen LogP contribution in [0.25, 0.3) is 0 Å². The Labute approximate surface area is 88.1 Å². The van der Waals surface area contributed by atoms with Crippen molar-refractivity contribution in [2.75, 3.05) is 21.3 Å². The smallest absolute Gasteiger partial charge is 0.303 e. The van der Waals surface area contributed by atoms with Crippen molar-refractivity contribution in [1.82, 2.24) is 5.23 Å². The lowest BCUT2D eigenvalue weighted by molar-refractivity contribution is -0.299. The molecule has 0 fully saturated rings. The average molecular weight is 211 g/mol. The number of hydrogen-bond donors (Lipinski definition) is 0. The second kappa shape index (κ2) is 5.33. The Balaban J connectivity index is 2.82. The fraction of sp³-hybridized carbons (Fsp3) is 0.300. The normalized spacial score (nSPS) is 9.80. The van der Waals surface area contributed by atoms with E-state index in [9.17, 15) is 4.79 Å². The molecule has 0 heterocycles. The Kier molecular flexibility index (Phi) is 4.08. The third kappa shape index (κ3) is 2.68. The Bertz CT molecular complexity index is 319. The van der Waals surface area contributed by atoms with Crippen LogP contribution in [0.15, 0.2) is 24.3 Å². The molecule has 0 spiro atoms. The second-order valence-electron chi connectivity index (χ2n) is 2.66. The van der Waals surface area contributed by atoms with Crippen molar-refractivity contribution in [3.63, 3.8) is 0 Å². The standard InChI is InChI=1S/C10H13NO4/c1-13-9-6-4-8(5-7-9)10(12)11(14-2)15-3/h4-7H,1-3H3. The van der Waals surface area contributed by atoms with Crippen LogP contribution in [0.1, 0.15) is 10.4 Å². The first-order chi connectivity index (χ1) is 7.22. The average Bonchev–Trinajstić information content (AvgIpc) is 2.30. The van der Waals surface area contributed by atoms with E-state index >= 15 is 0 Å². The van der Waals surface area contributed by atoms with E-state index in [0.29, 0.717) is 11.3 Å². The van der Waals surface area contributed by atoms with Gasteiger partial charge in [0.25, 0.3) is 0 Å². The van der Waals surface area contributed by atoms with Crippen molar-refractivity contribution < 1.29 is 19.2 Å². The highest BCUT2D eigenvalue weighted by Gasteiger charge is 2.14. The molecule has 1 rings (SSSR count). The number of rotatable bonds is 4. The van der Waals surface area contributed by atoms with E-state index in [2.05, 4.69) is 0 Å². The van der Waals surface area contributed by atoms with Gasteiger partial charge in [0, 0.05) is 5.56 Å². The zero-order valence-corrected chi connectivity index (χ0v) is 8.89. The van der Waals surface area contributed by atoms with E-state index in [1.165, 1.54) is 14.2 Å². The van der Waals surface area contributed by atoms with Crippen LogP contribution in [-0.2, 0) is 9.68 Å². The van der Waals surface area contributed by atoms with E-state index in [-0.39, 0.29) is 5.91 Å². The molecule has 0 saturated carbocycles. The summed E-state index contributed by atoms with van der Waals surface area (Å²) in [7, 11) is 4.27. The number of methoxy groups -OCH3 is 1. The van der Waals surface area contributed by atoms with Gasteiger partial charge in [-0.05, 0) is 24.3 Å². The summed E-state index contributed by atoms with van der Waals surface area (Å²) in [6, 6.07) is 6.64. The molecule has 0 aliphatic heterocycles. The number of carbonyl (C=O) groups excluding carboxylic acids is 1. The van der Waals surface area contributed by atoms with Crippen LogP contribution < -0.4 is 4.74 Å². The minimum atomic E-state index is -0.373. The molecule has 0 radical (unpaired) electrons. The van der Waals surface area contributed by atoms with E-state index < -0.39 is 0 Å². The summed E-state index contributed by atoms with van der Waals surface area (Å²) in [4.78, 5) is 21.0. The molecule has 0 N–H and O–H groups in total. The molecular formula is C10H13NO4. The van der Waals surface area contributed by atoms with Crippen molar-refractivity contribution in [1.29, 1.82) is 0 Å². The van der Waals surface area contributed by atoms with Gasteiger partial charge in [-0.2, -0.15) is 0 Å². The van der Waals surface area contributed by atoms with E-state index in [1.54, 1.807) is 31.4 Å². The number of carbonyl (C=O) groups is 1. The fourth-order valence-corrected chi connectivity index (χ4v) is 1.08. The number of hydrogen-bond acceptors (Lipinski definition) is 4. The van der Waals surface area contributed by atoms with Crippen LogP contribution in [0.3, 0.4) is 0 Å². The zero-order chi connectivity index (χ0) is 11.3. The summed E-state index contributed by atoms with van der Waals surface area (Å²) in [5.41, 5.74) is 0.458. The van der Waals surface area contributed by atoms with Crippen molar-refractivity contribution in [3.05, 3.63) is 29.8 Å². The number of ether oxygens (including phenoxy) is 1. The molecule has 5 heteroatoms. The van der Waals surface area contributed by atoms with Gasteiger partial charge >= 0.3 is 5.91 Å². The van der Waals surface area contributed by atoms with Crippen molar-refractivity contribution >= 4 is 5.91 Å². The Morgan fingerprint density at radius 1 is 1.07 bits per heavy atom. The maximum atomic E-state index is 11.6. The van der Waals surface area contributed by atoms with Crippen LogP contribution in [0.4, 0.5) is 0 Å². The fourth-order valence-electron chi connectivity index (χ4n) is 1.08. The molecule has 15 heavy (non-hydrogen) atoms. The van der Waals surface area contributed by atoms with Gasteiger partial charge in [-0.3, -0.25) is 4.79 Å². The van der Waals surface area contributed by atoms with E-state index in [1.807, 2.05) is 0 Å². The van der Waals surface area contributed by atoms with Crippen molar-refractivity contribution in [2.24, 2.45) is 0 Å². The molecule has 1 aromatic rings. The SMILES string of the molecule is COc1ccc(C(=O)N(OC)OC)cc1. The van der Waals surface area contributed by atoms with Gasteiger partial charge in [0.05, 0.1) is 21.3 Å². The summed E-state index contributed by atoms with van der Waals surface area (Å²) >= 11 is 0. The minimum absolute atomic E-state index is 0.373. The summed E-state index contributed by atoms with van der Waals surface area (Å²) in [5, 5.41) is 0.793. The number of benzene rings is 1. The van der Waals surface area contributed by atoms with Gasteiger partial charge in [-0.25, -0.2) is 9.68 Å². The van der Waals surface area contributed by atoms with Gasteiger partial charge in [0.2, 0.25) is 0 Å². The molecule has 0 aliphatic carbocycles. The first-order valence-electron chi connectivity index (χ1n) is 4.29. The monoisotopic (exact) mass is 211 g/mol. The lowest BCUT2D eigenvalue weighted by Crippen LogP contribution is -2.28. The van der Waals surface area contributed by atoms with Gasteiger partial charge in [-0.15, -0.1) is 0 Å². The first kappa shape index (κ1) is 11.5. The summed E-state index contributed by atoms with van der Waals surface area (Å²) in [6.07, 6.45) is 0. The number of hydroxylamine groups is 2. The first-order valence-corrected chi connectivity index (χ1v) is 4.29.